The molecule has 10 heteroatoms. The molecule has 10 nitrogen and oxygen atoms in total. The molecule has 0 aromatic carbocycles. The van der Waals surface area contributed by atoms with Crippen LogP contribution in [0.1, 0.15) is 45.4 Å². The largest absolute Gasteiger partial charge is 0.481 e. The van der Waals surface area contributed by atoms with Crippen LogP contribution in [0.25, 0.3) is 0 Å². The van der Waals surface area contributed by atoms with Crippen LogP contribution in [-0.2, 0) is 28.7 Å². The number of carboxylic acid groups (broad SMARTS) is 1. The number of hydrogen-bond acceptors (Lipinski definition) is 7. The van der Waals surface area contributed by atoms with Gasteiger partial charge in [0.05, 0.1) is 25.9 Å². The van der Waals surface area contributed by atoms with Gasteiger partial charge >= 0.3 is 5.97 Å². The first-order chi connectivity index (χ1) is 13.9. The van der Waals surface area contributed by atoms with E-state index in [1.807, 2.05) is 0 Å². The number of ketones is 1. The van der Waals surface area contributed by atoms with Crippen molar-refractivity contribution in [1.29, 1.82) is 0 Å². The molecule has 0 aliphatic heterocycles. The number of likely N-dealkylation sites (N-methyl/N-ethyl adjacent to an activating group) is 1. The van der Waals surface area contributed by atoms with E-state index in [1.54, 1.807) is 14.0 Å². The SMILES string of the molecule is CNC(CCCCNC(=O)COCCOCCNC(=O)CCCC(=O)O)C(C)=O. The van der Waals surface area contributed by atoms with Crippen LogP contribution in [0, 0.1) is 0 Å². The van der Waals surface area contributed by atoms with Crippen LogP contribution in [0.15, 0.2) is 0 Å². The number of rotatable bonds is 19. The van der Waals surface area contributed by atoms with Gasteiger partial charge in [-0.05, 0) is 39.7 Å². The van der Waals surface area contributed by atoms with Gasteiger partial charge in [0.2, 0.25) is 11.8 Å². The Kier molecular flexibility index (Phi) is 16.8. The Hall–Kier alpha value is -2.04. The van der Waals surface area contributed by atoms with Gasteiger partial charge in [-0.2, -0.15) is 0 Å². The Morgan fingerprint density at radius 2 is 1.55 bits per heavy atom. The van der Waals surface area contributed by atoms with Gasteiger partial charge in [-0.15, -0.1) is 0 Å². The first-order valence-corrected chi connectivity index (χ1v) is 9.95. The van der Waals surface area contributed by atoms with Crippen LogP contribution >= 0.6 is 0 Å². The van der Waals surface area contributed by atoms with Crippen LogP contribution in [-0.4, -0.2) is 81.3 Å². The summed E-state index contributed by atoms with van der Waals surface area (Å²) < 4.78 is 10.5. The second kappa shape index (κ2) is 18.0. The van der Waals surface area contributed by atoms with Crippen molar-refractivity contribution in [2.75, 3.05) is 46.6 Å². The third kappa shape index (κ3) is 17.8. The van der Waals surface area contributed by atoms with Crippen molar-refractivity contribution in [1.82, 2.24) is 16.0 Å². The predicted molar refractivity (Wildman–Crippen MR) is 107 cm³/mol. The van der Waals surface area contributed by atoms with Crippen LogP contribution in [0.5, 0.6) is 0 Å². The van der Waals surface area contributed by atoms with E-state index in [0.717, 1.165) is 19.3 Å². The smallest absolute Gasteiger partial charge is 0.303 e. The van der Waals surface area contributed by atoms with E-state index < -0.39 is 5.97 Å². The Morgan fingerprint density at radius 1 is 0.862 bits per heavy atom. The minimum Gasteiger partial charge on any atom is -0.481 e. The molecule has 0 bridgehead atoms. The molecule has 0 aromatic rings. The molecule has 0 spiro atoms. The summed E-state index contributed by atoms with van der Waals surface area (Å²) in [5.41, 5.74) is 0. The van der Waals surface area contributed by atoms with Crippen LogP contribution in [0.2, 0.25) is 0 Å². The fourth-order valence-corrected chi connectivity index (χ4v) is 2.44. The van der Waals surface area contributed by atoms with Crippen molar-refractivity contribution >= 4 is 23.6 Å². The van der Waals surface area contributed by atoms with E-state index in [9.17, 15) is 19.2 Å². The molecular weight excluding hydrogens is 382 g/mol. The van der Waals surface area contributed by atoms with E-state index >= 15 is 0 Å². The standard InChI is InChI=1S/C19H35N3O7/c1-15(23)16(20-2)6-3-4-9-21-18(25)14-29-13-12-28-11-10-22-17(24)7-5-8-19(26)27/h16,20H,3-14H2,1-2H3,(H,21,25)(H,22,24)(H,26,27). The zero-order chi connectivity index (χ0) is 21.9. The van der Waals surface area contributed by atoms with E-state index in [-0.39, 0.29) is 49.7 Å². The second-order valence-corrected chi connectivity index (χ2v) is 6.56. The van der Waals surface area contributed by atoms with Crippen LogP contribution in [0.4, 0.5) is 0 Å². The molecule has 0 aliphatic carbocycles. The lowest BCUT2D eigenvalue weighted by Crippen LogP contribution is -2.33. The molecule has 0 fully saturated rings. The Bertz CT molecular complexity index is 500. The molecule has 29 heavy (non-hydrogen) atoms. The van der Waals surface area contributed by atoms with Gasteiger partial charge in [-0.25, -0.2) is 0 Å². The molecule has 168 valence electrons. The maximum absolute atomic E-state index is 11.6. The van der Waals surface area contributed by atoms with Crippen molar-refractivity contribution in [2.24, 2.45) is 0 Å². The maximum Gasteiger partial charge on any atom is 0.303 e. The summed E-state index contributed by atoms with van der Waals surface area (Å²) in [4.78, 5) is 44.6. The summed E-state index contributed by atoms with van der Waals surface area (Å²) in [5, 5.41) is 16.8. The summed E-state index contributed by atoms with van der Waals surface area (Å²) in [5.74, 6) is -1.20. The van der Waals surface area contributed by atoms with Crippen molar-refractivity contribution in [3.63, 3.8) is 0 Å². The number of carboxylic acids is 1. The number of amides is 2. The van der Waals surface area contributed by atoms with Gasteiger partial charge in [0, 0.05) is 25.9 Å². The molecule has 0 rings (SSSR count). The normalized spacial score (nSPS) is 11.7. The van der Waals surface area contributed by atoms with E-state index in [2.05, 4.69) is 16.0 Å². The molecule has 1 unspecified atom stereocenters. The molecule has 4 N–H and O–H groups in total. The minimum atomic E-state index is -0.915. The summed E-state index contributed by atoms with van der Waals surface area (Å²) in [6.45, 7) is 3.28. The quantitative estimate of drug-likeness (QED) is 0.213. The van der Waals surface area contributed by atoms with Gasteiger partial charge in [0.25, 0.3) is 0 Å². The lowest BCUT2D eigenvalue weighted by molar-refractivity contribution is -0.137. The predicted octanol–water partition coefficient (Wildman–Crippen LogP) is -0.146. The van der Waals surface area contributed by atoms with E-state index in [4.69, 9.17) is 14.6 Å². The van der Waals surface area contributed by atoms with Crippen molar-refractivity contribution in [3.05, 3.63) is 0 Å². The first-order valence-electron chi connectivity index (χ1n) is 9.95. The van der Waals surface area contributed by atoms with Gasteiger partial charge in [0.15, 0.2) is 0 Å². The van der Waals surface area contributed by atoms with Crippen molar-refractivity contribution < 1.29 is 33.8 Å². The monoisotopic (exact) mass is 417 g/mol. The third-order valence-corrected chi connectivity index (χ3v) is 4.05. The fourth-order valence-electron chi connectivity index (χ4n) is 2.44. The summed E-state index contributed by atoms with van der Waals surface area (Å²) >= 11 is 0. The third-order valence-electron chi connectivity index (χ3n) is 4.05. The number of ether oxygens (including phenoxy) is 2. The summed E-state index contributed by atoms with van der Waals surface area (Å²) in [6, 6.07) is -0.126. The van der Waals surface area contributed by atoms with Gasteiger partial charge in [-0.1, -0.05) is 0 Å². The molecule has 0 aliphatic rings. The molecule has 0 aromatic heterocycles. The summed E-state index contributed by atoms with van der Waals surface area (Å²) in [6.07, 6.45) is 2.85. The highest BCUT2D eigenvalue weighted by Crippen LogP contribution is 2.01. The summed E-state index contributed by atoms with van der Waals surface area (Å²) in [7, 11) is 1.76. The Labute approximate surface area is 172 Å². The highest BCUT2D eigenvalue weighted by molar-refractivity contribution is 5.81. The zero-order valence-electron chi connectivity index (χ0n) is 17.5. The first kappa shape index (κ1) is 27.0. The molecule has 2 amide bonds. The van der Waals surface area contributed by atoms with Crippen LogP contribution in [0.3, 0.4) is 0 Å². The molecule has 0 radical (unpaired) electrons. The lowest BCUT2D eigenvalue weighted by atomic mass is 10.1. The van der Waals surface area contributed by atoms with Gasteiger partial charge in [-0.3, -0.25) is 19.2 Å². The highest BCUT2D eigenvalue weighted by atomic mass is 16.5. The number of Topliss-reactive ketones (excluding diaryl/α,β-unsaturated/α-hetero) is 1. The number of carbonyl (C=O) groups is 4. The van der Waals surface area contributed by atoms with Crippen molar-refractivity contribution in [3.8, 4) is 0 Å². The number of carbonyl (C=O) groups excluding carboxylic acids is 3. The highest BCUT2D eigenvalue weighted by Gasteiger charge is 2.10. The number of unbranched alkanes of at least 4 members (excludes halogenated alkanes) is 1. The topological polar surface area (TPSA) is 143 Å². The molecule has 1 atom stereocenters. The Balaban J connectivity index is 3.42. The van der Waals surface area contributed by atoms with Crippen molar-refractivity contribution in [2.45, 2.75) is 51.5 Å². The minimum absolute atomic E-state index is 0.0223. The number of hydrogen-bond donors (Lipinski definition) is 4. The Morgan fingerprint density at radius 3 is 2.21 bits per heavy atom. The van der Waals surface area contributed by atoms with E-state index in [0.29, 0.717) is 32.7 Å². The maximum atomic E-state index is 11.6. The average molecular weight is 418 g/mol. The second-order valence-electron chi connectivity index (χ2n) is 6.56. The average Bonchev–Trinajstić information content (AvgIpc) is 2.66. The fraction of sp³-hybridized carbons (Fsp3) is 0.789. The van der Waals surface area contributed by atoms with Gasteiger partial charge in [0.1, 0.15) is 12.4 Å². The molecule has 0 saturated heterocycles. The molecule has 0 heterocycles. The van der Waals surface area contributed by atoms with Crippen LogP contribution < -0.4 is 16.0 Å². The molecular formula is C19H35N3O7. The number of aliphatic carboxylic acids is 1. The lowest BCUT2D eigenvalue weighted by Gasteiger charge is -2.12. The van der Waals surface area contributed by atoms with Gasteiger partial charge < -0.3 is 30.5 Å². The number of nitrogens with one attached hydrogen (secondary N) is 3. The zero-order valence-corrected chi connectivity index (χ0v) is 17.5. The molecule has 0 saturated carbocycles. The van der Waals surface area contributed by atoms with E-state index in [1.165, 1.54) is 0 Å².